The van der Waals surface area contributed by atoms with Crippen molar-refractivity contribution in [3.05, 3.63) is 52.2 Å². The molecule has 2 aromatic rings. The summed E-state index contributed by atoms with van der Waals surface area (Å²) in [5, 5.41) is 10.7. The van der Waals surface area contributed by atoms with Crippen LogP contribution in [0.2, 0.25) is 0 Å². The summed E-state index contributed by atoms with van der Waals surface area (Å²) in [6.45, 7) is 2.79. The molecular formula is C17H20N2OS. The maximum absolute atomic E-state index is 12.4. The van der Waals surface area contributed by atoms with Crippen molar-refractivity contribution in [1.29, 1.82) is 0 Å². The number of hydrogen-bond donors (Lipinski definition) is 2. The highest BCUT2D eigenvalue weighted by molar-refractivity contribution is 7.07. The third-order valence-corrected chi connectivity index (χ3v) is 4.64. The van der Waals surface area contributed by atoms with Crippen molar-refractivity contribution in [2.24, 2.45) is 5.92 Å². The van der Waals surface area contributed by atoms with Crippen LogP contribution in [0.15, 0.2) is 41.1 Å². The van der Waals surface area contributed by atoms with Gasteiger partial charge in [-0.15, -0.1) is 0 Å². The van der Waals surface area contributed by atoms with Gasteiger partial charge in [0.25, 0.3) is 0 Å². The molecule has 0 radical (unpaired) electrons. The number of hydrogen-bond acceptors (Lipinski definition) is 3. The van der Waals surface area contributed by atoms with E-state index in [1.165, 1.54) is 11.1 Å². The van der Waals surface area contributed by atoms with Gasteiger partial charge in [0.15, 0.2) is 0 Å². The van der Waals surface area contributed by atoms with Crippen LogP contribution in [-0.2, 0) is 17.6 Å². The molecule has 0 fully saturated rings. The van der Waals surface area contributed by atoms with Gasteiger partial charge in [-0.1, -0.05) is 18.2 Å². The summed E-state index contributed by atoms with van der Waals surface area (Å²) in [6, 6.07) is 10.5. The van der Waals surface area contributed by atoms with Crippen molar-refractivity contribution >= 4 is 22.9 Å². The van der Waals surface area contributed by atoms with Crippen LogP contribution < -0.4 is 10.6 Å². The lowest BCUT2D eigenvalue weighted by atomic mass is 9.93. The standard InChI is InChI=1S/C17H20N2OS/c1-12(8-13-6-7-21-11-13)19-17(20)15-9-14-4-2-3-5-16(14)18-10-15/h2-7,11-12,15,18H,8-10H2,1H3,(H,19,20). The van der Waals surface area contributed by atoms with E-state index >= 15 is 0 Å². The predicted molar refractivity (Wildman–Crippen MR) is 87.8 cm³/mol. The molecule has 1 aliphatic rings. The van der Waals surface area contributed by atoms with Crippen molar-refractivity contribution in [2.45, 2.75) is 25.8 Å². The Morgan fingerprint density at radius 3 is 3.10 bits per heavy atom. The number of rotatable bonds is 4. The van der Waals surface area contributed by atoms with Gasteiger partial charge in [-0.3, -0.25) is 4.79 Å². The first-order valence-corrected chi connectivity index (χ1v) is 8.30. The monoisotopic (exact) mass is 300 g/mol. The smallest absolute Gasteiger partial charge is 0.225 e. The van der Waals surface area contributed by atoms with E-state index in [0.717, 1.165) is 18.5 Å². The molecule has 0 saturated carbocycles. The van der Waals surface area contributed by atoms with Crippen LogP contribution in [0.3, 0.4) is 0 Å². The van der Waals surface area contributed by atoms with Gasteiger partial charge in [0, 0.05) is 18.3 Å². The van der Waals surface area contributed by atoms with Crippen molar-refractivity contribution in [2.75, 3.05) is 11.9 Å². The van der Waals surface area contributed by atoms with Crippen LogP contribution in [0, 0.1) is 5.92 Å². The third-order valence-electron chi connectivity index (χ3n) is 3.90. The average Bonchev–Trinajstić information content (AvgIpc) is 2.99. The zero-order valence-electron chi connectivity index (χ0n) is 12.1. The van der Waals surface area contributed by atoms with E-state index in [2.05, 4.69) is 46.5 Å². The minimum Gasteiger partial charge on any atom is -0.384 e. The molecule has 1 aliphatic heterocycles. The van der Waals surface area contributed by atoms with Gasteiger partial charge < -0.3 is 10.6 Å². The number of carbonyl (C=O) groups excluding carboxylic acids is 1. The highest BCUT2D eigenvalue weighted by Gasteiger charge is 2.25. The second-order valence-electron chi connectivity index (χ2n) is 5.68. The van der Waals surface area contributed by atoms with Crippen LogP contribution in [0.4, 0.5) is 5.69 Å². The van der Waals surface area contributed by atoms with Crippen LogP contribution in [-0.4, -0.2) is 18.5 Å². The second kappa shape index (κ2) is 6.31. The Bertz CT molecular complexity index is 609. The van der Waals surface area contributed by atoms with E-state index in [4.69, 9.17) is 0 Å². The van der Waals surface area contributed by atoms with Crippen molar-refractivity contribution < 1.29 is 4.79 Å². The summed E-state index contributed by atoms with van der Waals surface area (Å²) in [6.07, 6.45) is 1.71. The molecule has 2 heterocycles. The molecule has 2 unspecified atom stereocenters. The fourth-order valence-corrected chi connectivity index (χ4v) is 3.48. The van der Waals surface area contributed by atoms with Crippen molar-refractivity contribution in [1.82, 2.24) is 5.32 Å². The molecular weight excluding hydrogens is 280 g/mol. The van der Waals surface area contributed by atoms with Gasteiger partial charge >= 0.3 is 0 Å². The van der Waals surface area contributed by atoms with E-state index in [1.807, 2.05) is 12.1 Å². The number of carbonyl (C=O) groups is 1. The molecule has 0 bridgehead atoms. The molecule has 1 aromatic heterocycles. The Morgan fingerprint density at radius 2 is 2.29 bits per heavy atom. The quantitative estimate of drug-likeness (QED) is 0.911. The first kappa shape index (κ1) is 14.1. The molecule has 0 spiro atoms. The van der Waals surface area contributed by atoms with Crippen molar-refractivity contribution in [3.63, 3.8) is 0 Å². The van der Waals surface area contributed by atoms with Crippen LogP contribution in [0.1, 0.15) is 18.1 Å². The third kappa shape index (κ3) is 3.45. The molecule has 1 amide bonds. The number of anilines is 1. The van der Waals surface area contributed by atoms with Crippen LogP contribution in [0.25, 0.3) is 0 Å². The lowest BCUT2D eigenvalue weighted by molar-refractivity contribution is -0.125. The Kier molecular flexibility index (Phi) is 4.25. The predicted octanol–water partition coefficient (Wildman–Crippen LogP) is 3.08. The zero-order chi connectivity index (χ0) is 14.7. The van der Waals surface area contributed by atoms with Crippen LogP contribution in [0.5, 0.6) is 0 Å². The summed E-state index contributed by atoms with van der Waals surface area (Å²) in [5.74, 6) is 0.171. The Labute approximate surface area is 129 Å². The normalized spacial score (nSPS) is 18.4. The van der Waals surface area contributed by atoms with E-state index in [9.17, 15) is 4.79 Å². The second-order valence-corrected chi connectivity index (χ2v) is 6.46. The molecule has 21 heavy (non-hydrogen) atoms. The summed E-state index contributed by atoms with van der Waals surface area (Å²) in [5.41, 5.74) is 3.68. The molecule has 2 atom stereocenters. The fourth-order valence-electron chi connectivity index (χ4n) is 2.80. The van der Waals surface area contributed by atoms with Crippen molar-refractivity contribution in [3.8, 4) is 0 Å². The van der Waals surface area contributed by atoms with Gasteiger partial charge in [0.1, 0.15) is 0 Å². The van der Waals surface area contributed by atoms with Gasteiger partial charge in [-0.2, -0.15) is 11.3 Å². The van der Waals surface area contributed by atoms with Gasteiger partial charge in [0.2, 0.25) is 5.91 Å². The number of benzene rings is 1. The first-order valence-electron chi connectivity index (χ1n) is 7.35. The minimum absolute atomic E-state index is 0.0184. The Hall–Kier alpha value is -1.81. The Morgan fingerprint density at radius 1 is 1.43 bits per heavy atom. The largest absolute Gasteiger partial charge is 0.384 e. The first-order chi connectivity index (χ1) is 10.2. The topological polar surface area (TPSA) is 41.1 Å². The minimum atomic E-state index is 0.0184. The maximum atomic E-state index is 12.4. The number of nitrogens with one attached hydrogen (secondary N) is 2. The molecule has 0 saturated heterocycles. The highest BCUT2D eigenvalue weighted by Crippen LogP contribution is 2.24. The number of thiophene rings is 1. The SMILES string of the molecule is CC(Cc1ccsc1)NC(=O)C1CNc2ccccc2C1. The van der Waals surface area contributed by atoms with E-state index in [0.29, 0.717) is 6.54 Å². The molecule has 0 aliphatic carbocycles. The van der Waals surface area contributed by atoms with Gasteiger partial charge in [0.05, 0.1) is 5.92 Å². The number of para-hydroxylation sites is 1. The van der Waals surface area contributed by atoms with Crippen LogP contribution >= 0.6 is 11.3 Å². The van der Waals surface area contributed by atoms with E-state index < -0.39 is 0 Å². The van der Waals surface area contributed by atoms with Gasteiger partial charge in [-0.25, -0.2) is 0 Å². The molecule has 110 valence electrons. The summed E-state index contributed by atoms with van der Waals surface area (Å²) in [7, 11) is 0. The molecule has 4 heteroatoms. The molecule has 3 rings (SSSR count). The number of fused-ring (bicyclic) bond motifs is 1. The summed E-state index contributed by atoms with van der Waals surface area (Å²) < 4.78 is 0. The highest BCUT2D eigenvalue weighted by atomic mass is 32.1. The Balaban J connectivity index is 1.56. The lowest BCUT2D eigenvalue weighted by Gasteiger charge is -2.26. The average molecular weight is 300 g/mol. The van der Waals surface area contributed by atoms with E-state index in [1.54, 1.807) is 11.3 Å². The molecule has 2 N–H and O–H groups in total. The molecule has 1 aromatic carbocycles. The summed E-state index contributed by atoms with van der Waals surface area (Å²) in [4.78, 5) is 12.4. The number of amides is 1. The fraction of sp³-hybridized carbons (Fsp3) is 0.353. The maximum Gasteiger partial charge on any atom is 0.225 e. The van der Waals surface area contributed by atoms with Gasteiger partial charge in [-0.05, 0) is 53.8 Å². The lowest BCUT2D eigenvalue weighted by Crippen LogP contribution is -2.42. The van der Waals surface area contributed by atoms with E-state index in [-0.39, 0.29) is 17.9 Å². The zero-order valence-corrected chi connectivity index (χ0v) is 13.0. The summed E-state index contributed by atoms with van der Waals surface area (Å²) >= 11 is 1.70. The molecule has 3 nitrogen and oxygen atoms in total.